The van der Waals surface area contributed by atoms with Crippen LogP contribution in [0.1, 0.15) is 11.1 Å². The van der Waals surface area contributed by atoms with Crippen molar-refractivity contribution in [3.63, 3.8) is 0 Å². The summed E-state index contributed by atoms with van der Waals surface area (Å²) >= 11 is 0. The van der Waals surface area contributed by atoms with E-state index in [4.69, 9.17) is 0 Å². The third kappa shape index (κ3) is 5.27. The van der Waals surface area contributed by atoms with E-state index in [0.717, 1.165) is 16.8 Å². The highest BCUT2D eigenvalue weighted by atomic mass is 32.2. The number of rotatable bonds is 8. The lowest BCUT2D eigenvalue weighted by Gasteiger charge is -2.08. The molecule has 0 aliphatic heterocycles. The van der Waals surface area contributed by atoms with E-state index in [9.17, 15) is 8.42 Å². The molecule has 0 amide bonds. The maximum atomic E-state index is 12.1. The second kappa shape index (κ2) is 8.09. The first kappa shape index (κ1) is 17.4. The van der Waals surface area contributed by atoms with Gasteiger partial charge in [-0.15, -0.1) is 0 Å². The molecule has 1 heterocycles. The maximum absolute atomic E-state index is 12.1. The molecule has 0 radical (unpaired) electrons. The third-order valence-corrected chi connectivity index (χ3v) is 5.49. The predicted molar refractivity (Wildman–Crippen MR) is 99.2 cm³/mol. The number of sulfone groups is 1. The van der Waals surface area contributed by atoms with Gasteiger partial charge in [-0.1, -0.05) is 42.5 Å². The highest BCUT2D eigenvalue weighted by Crippen LogP contribution is 2.09. The molecule has 0 atom stereocenters. The number of hydrogen-bond donors (Lipinski definition) is 1. The molecule has 1 aromatic heterocycles. The molecule has 6 heteroatoms. The Morgan fingerprint density at radius 1 is 0.960 bits per heavy atom. The Balaban J connectivity index is 1.45. The number of nitrogens with zero attached hydrogens (tertiary/aromatic N) is 2. The summed E-state index contributed by atoms with van der Waals surface area (Å²) in [7, 11) is -3.10. The highest BCUT2D eigenvalue weighted by molar-refractivity contribution is 7.90. The molecule has 0 fully saturated rings. The van der Waals surface area contributed by atoms with Crippen LogP contribution in [0, 0.1) is 0 Å². The fourth-order valence-corrected chi connectivity index (χ4v) is 3.86. The Labute approximate surface area is 148 Å². The van der Waals surface area contributed by atoms with Gasteiger partial charge in [-0.25, -0.2) is 13.4 Å². The van der Waals surface area contributed by atoms with E-state index in [1.807, 2.05) is 65.4 Å². The number of aromatic nitrogens is 2. The molecule has 1 N–H and O–H groups in total. The van der Waals surface area contributed by atoms with Crippen molar-refractivity contribution in [1.82, 2.24) is 14.9 Å². The smallest absolute Gasteiger partial charge is 0.155 e. The molecule has 0 bridgehead atoms. The quantitative estimate of drug-likeness (QED) is 0.631. The molecule has 0 spiro atoms. The van der Waals surface area contributed by atoms with Crippen molar-refractivity contribution in [2.45, 2.75) is 12.3 Å². The molecule has 5 nitrogen and oxygen atoms in total. The third-order valence-electron chi connectivity index (χ3n) is 3.89. The summed E-state index contributed by atoms with van der Waals surface area (Å²) in [5, 5.41) is 3.20. The number of hydrogen-bond acceptors (Lipinski definition) is 4. The fraction of sp³-hybridized carbons (Fsp3) is 0.211. The van der Waals surface area contributed by atoms with Crippen LogP contribution in [-0.4, -0.2) is 30.3 Å². The van der Waals surface area contributed by atoms with E-state index in [1.165, 1.54) is 0 Å². The molecule has 0 aliphatic rings. The SMILES string of the molecule is O=S(=O)(CCNCc1ccc(-n2ccnc2)cc1)Cc1ccccc1. The van der Waals surface area contributed by atoms with Crippen molar-refractivity contribution in [1.29, 1.82) is 0 Å². The summed E-state index contributed by atoms with van der Waals surface area (Å²) in [4.78, 5) is 4.03. The number of benzene rings is 2. The Morgan fingerprint density at radius 2 is 1.72 bits per heavy atom. The summed E-state index contributed by atoms with van der Waals surface area (Å²) in [6, 6.07) is 17.4. The van der Waals surface area contributed by atoms with E-state index in [1.54, 1.807) is 12.5 Å². The molecule has 25 heavy (non-hydrogen) atoms. The van der Waals surface area contributed by atoms with Crippen LogP contribution in [0.4, 0.5) is 0 Å². The lowest BCUT2D eigenvalue weighted by molar-refractivity contribution is 0.590. The second-order valence-corrected chi connectivity index (χ2v) is 8.07. The predicted octanol–water partition coefficient (Wildman–Crippen LogP) is 2.58. The molecule has 3 aromatic rings. The van der Waals surface area contributed by atoms with Crippen LogP contribution in [0.2, 0.25) is 0 Å². The molecule has 0 saturated heterocycles. The average Bonchev–Trinajstić information content (AvgIpc) is 3.14. The van der Waals surface area contributed by atoms with Gasteiger partial charge in [-0.05, 0) is 23.3 Å². The Kier molecular flexibility index (Phi) is 5.63. The van der Waals surface area contributed by atoms with Crippen molar-refractivity contribution >= 4 is 9.84 Å². The van der Waals surface area contributed by atoms with Gasteiger partial charge >= 0.3 is 0 Å². The van der Waals surface area contributed by atoms with Gasteiger partial charge in [0.15, 0.2) is 9.84 Å². The van der Waals surface area contributed by atoms with Crippen LogP contribution in [0.5, 0.6) is 0 Å². The number of nitrogens with one attached hydrogen (secondary N) is 1. The second-order valence-electron chi connectivity index (χ2n) is 5.89. The molecule has 0 aliphatic carbocycles. The Bertz CT molecular complexity index is 874. The summed E-state index contributed by atoms with van der Waals surface area (Å²) in [6.45, 7) is 1.09. The van der Waals surface area contributed by atoms with E-state index < -0.39 is 9.84 Å². The van der Waals surface area contributed by atoms with Gasteiger partial charge in [0.1, 0.15) is 0 Å². The first-order chi connectivity index (χ1) is 12.1. The molecule has 2 aromatic carbocycles. The molecular formula is C19H21N3O2S. The largest absolute Gasteiger partial charge is 0.312 e. The van der Waals surface area contributed by atoms with Crippen LogP contribution < -0.4 is 5.32 Å². The summed E-state index contributed by atoms with van der Waals surface area (Å²) < 4.78 is 26.2. The van der Waals surface area contributed by atoms with Gasteiger partial charge in [-0.2, -0.15) is 0 Å². The lowest BCUT2D eigenvalue weighted by atomic mass is 10.2. The number of imidazole rings is 1. The monoisotopic (exact) mass is 355 g/mol. The van der Waals surface area contributed by atoms with Crippen LogP contribution >= 0.6 is 0 Å². The van der Waals surface area contributed by atoms with Crippen LogP contribution in [0.25, 0.3) is 5.69 Å². The summed E-state index contributed by atoms with van der Waals surface area (Å²) in [5.74, 6) is 0.226. The Hall–Kier alpha value is -2.44. The van der Waals surface area contributed by atoms with Crippen LogP contribution in [0.3, 0.4) is 0 Å². The minimum absolute atomic E-state index is 0.0924. The van der Waals surface area contributed by atoms with Gasteiger partial charge in [0, 0.05) is 31.2 Å². The van der Waals surface area contributed by atoms with Crippen molar-refractivity contribution in [3.8, 4) is 5.69 Å². The van der Waals surface area contributed by atoms with Crippen LogP contribution in [0.15, 0.2) is 73.3 Å². The highest BCUT2D eigenvalue weighted by Gasteiger charge is 2.11. The molecule has 3 rings (SSSR count). The normalized spacial score (nSPS) is 11.5. The minimum atomic E-state index is -3.10. The zero-order valence-corrected chi connectivity index (χ0v) is 14.7. The van der Waals surface area contributed by atoms with Crippen molar-refractivity contribution in [2.75, 3.05) is 12.3 Å². The standard InChI is InChI=1S/C19H21N3O2S/c23-25(24,15-18-4-2-1-3-5-18)13-11-20-14-17-6-8-19(9-7-17)22-12-10-21-16-22/h1-10,12,16,20H,11,13-15H2. The summed E-state index contributed by atoms with van der Waals surface area (Å²) in [6.07, 6.45) is 5.39. The molecule has 0 saturated carbocycles. The van der Waals surface area contributed by atoms with Crippen molar-refractivity contribution in [2.24, 2.45) is 0 Å². The van der Waals surface area contributed by atoms with Crippen molar-refractivity contribution in [3.05, 3.63) is 84.4 Å². The van der Waals surface area contributed by atoms with E-state index in [2.05, 4.69) is 10.3 Å². The van der Waals surface area contributed by atoms with Gasteiger partial charge in [-0.3, -0.25) is 0 Å². The first-order valence-electron chi connectivity index (χ1n) is 8.15. The zero-order chi connectivity index (χ0) is 17.5. The zero-order valence-electron chi connectivity index (χ0n) is 13.9. The van der Waals surface area contributed by atoms with E-state index in [0.29, 0.717) is 13.1 Å². The van der Waals surface area contributed by atoms with Crippen LogP contribution in [-0.2, 0) is 22.1 Å². The fourth-order valence-electron chi connectivity index (χ4n) is 2.56. The molecular weight excluding hydrogens is 334 g/mol. The minimum Gasteiger partial charge on any atom is -0.312 e. The van der Waals surface area contributed by atoms with E-state index >= 15 is 0 Å². The molecule has 0 unspecified atom stereocenters. The van der Waals surface area contributed by atoms with E-state index in [-0.39, 0.29) is 11.5 Å². The van der Waals surface area contributed by atoms with Gasteiger partial charge in [0.25, 0.3) is 0 Å². The lowest BCUT2D eigenvalue weighted by Crippen LogP contribution is -2.23. The van der Waals surface area contributed by atoms with Gasteiger partial charge < -0.3 is 9.88 Å². The first-order valence-corrected chi connectivity index (χ1v) is 9.97. The average molecular weight is 355 g/mol. The topological polar surface area (TPSA) is 64.0 Å². The van der Waals surface area contributed by atoms with Gasteiger partial charge in [0.2, 0.25) is 0 Å². The Morgan fingerprint density at radius 3 is 2.40 bits per heavy atom. The summed E-state index contributed by atoms with van der Waals surface area (Å²) in [5.41, 5.74) is 2.99. The van der Waals surface area contributed by atoms with Gasteiger partial charge in [0.05, 0.1) is 17.8 Å². The van der Waals surface area contributed by atoms with Crippen molar-refractivity contribution < 1.29 is 8.42 Å². The maximum Gasteiger partial charge on any atom is 0.155 e. The molecule has 130 valence electrons.